The third kappa shape index (κ3) is 2.50. The minimum Gasteiger partial charge on any atom is -0.323 e. The van der Waals surface area contributed by atoms with E-state index in [9.17, 15) is 0 Å². The van der Waals surface area contributed by atoms with Gasteiger partial charge < -0.3 is 4.57 Å². The first-order valence-corrected chi connectivity index (χ1v) is 6.97. The Balaban J connectivity index is 2.03. The Morgan fingerprint density at radius 3 is 2.55 bits per heavy atom. The molecule has 1 heterocycles. The Bertz CT molecular complexity index is 711. The number of hydrogen-bond donors (Lipinski definition) is 0. The van der Waals surface area contributed by atoms with Crippen LogP contribution >= 0.6 is 0 Å². The predicted molar refractivity (Wildman–Crippen MR) is 83.8 cm³/mol. The van der Waals surface area contributed by atoms with Crippen LogP contribution in [0.4, 0.5) is 0 Å². The number of aryl methyl sites for hydroxylation is 1. The number of allylic oxidation sites excluding steroid dienone is 1. The first-order chi connectivity index (χ1) is 9.88. The number of imidazole rings is 1. The van der Waals surface area contributed by atoms with Crippen molar-refractivity contribution in [1.82, 2.24) is 9.55 Å². The first-order valence-electron chi connectivity index (χ1n) is 6.97. The van der Waals surface area contributed by atoms with Gasteiger partial charge in [0, 0.05) is 13.0 Å². The third-order valence-electron chi connectivity index (χ3n) is 3.49. The van der Waals surface area contributed by atoms with Gasteiger partial charge in [0.2, 0.25) is 0 Å². The average molecular weight is 262 g/mol. The van der Waals surface area contributed by atoms with E-state index in [-0.39, 0.29) is 0 Å². The monoisotopic (exact) mass is 262 g/mol. The Labute approximate surface area is 119 Å². The van der Waals surface area contributed by atoms with Gasteiger partial charge >= 0.3 is 0 Å². The number of hydrogen-bond acceptors (Lipinski definition) is 1. The molecule has 0 aliphatic carbocycles. The smallest absolute Gasteiger partial charge is 0.110 e. The summed E-state index contributed by atoms with van der Waals surface area (Å²) in [7, 11) is 0. The lowest BCUT2D eigenvalue weighted by Gasteiger charge is -2.09. The summed E-state index contributed by atoms with van der Waals surface area (Å²) in [5.74, 6) is 1.13. The number of benzene rings is 2. The minimum absolute atomic E-state index is 0.869. The topological polar surface area (TPSA) is 17.8 Å². The van der Waals surface area contributed by atoms with Gasteiger partial charge in [-0.25, -0.2) is 4.98 Å². The van der Waals surface area contributed by atoms with E-state index >= 15 is 0 Å². The van der Waals surface area contributed by atoms with E-state index in [1.807, 2.05) is 18.2 Å². The summed E-state index contributed by atoms with van der Waals surface area (Å²) in [6.45, 7) is 4.68. The minimum atomic E-state index is 0.869. The van der Waals surface area contributed by atoms with Gasteiger partial charge in [-0.15, -0.1) is 6.58 Å². The fourth-order valence-electron chi connectivity index (χ4n) is 2.49. The molecule has 0 radical (unpaired) electrons. The molecule has 0 aliphatic rings. The summed E-state index contributed by atoms with van der Waals surface area (Å²) in [6.07, 6.45) is 3.84. The van der Waals surface area contributed by atoms with E-state index in [4.69, 9.17) is 4.98 Å². The maximum atomic E-state index is 4.76. The van der Waals surface area contributed by atoms with Crippen LogP contribution in [0.1, 0.15) is 17.8 Å². The van der Waals surface area contributed by atoms with Gasteiger partial charge in [-0.3, -0.25) is 0 Å². The van der Waals surface area contributed by atoms with Crippen molar-refractivity contribution >= 4 is 11.0 Å². The maximum Gasteiger partial charge on any atom is 0.110 e. The molecule has 1 aromatic heterocycles. The first kappa shape index (κ1) is 12.7. The second-order valence-electron chi connectivity index (χ2n) is 4.92. The molecule has 0 spiro atoms. The molecule has 0 unspecified atom stereocenters. The van der Waals surface area contributed by atoms with Crippen molar-refractivity contribution in [2.45, 2.75) is 19.4 Å². The molecule has 0 fully saturated rings. The number of aromatic nitrogens is 2. The van der Waals surface area contributed by atoms with Gasteiger partial charge in [-0.2, -0.15) is 0 Å². The van der Waals surface area contributed by atoms with Crippen LogP contribution in [-0.2, 0) is 13.0 Å². The zero-order valence-electron chi connectivity index (χ0n) is 11.5. The third-order valence-corrected chi connectivity index (χ3v) is 3.49. The highest BCUT2D eigenvalue weighted by atomic mass is 15.1. The van der Waals surface area contributed by atoms with Crippen LogP contribution in [0.25, 0.3) is 11.0 Å². The Morgan fingerprint density at radius 1 is 1.00 bits per heavy atom. The molecule has 20 heavy (non-hydrogen) atoms. The molecule has 0 bridgehead atoms. The van der Waals surface area contributed by atoms with Crippen LogP contribution in [0.5, 0.6) is 0 Å². The van der Waals surface area contributed by atoms with Crippen LogP contribution in [-0.4, -0.2) is 9.55 Å². The molecule has 0 aliphatic heterocycles. The molecule has 0 saturated carbocycles. The summed E-state index contributed by atoms with van der Waals surface area (Å²) in [5, 5.41) is 0. The zero-order valence-corrected chi connectivity index (χ0v) is 11.5. The van der Waals surface area contributed by atoms with Crippen LogP contribution in [0, 0.1) is 0 Å². The SMILES string of the molecule is C=CCCc1nc2ccccc2n1Cc1ccccc1. The van der Waals surface area contributed by atoms with Gasteiger partial charge in [0.25, 0.3) is 0 Å². The quantitative estimate of drug-likeness (QED) is 0.630. The molecule has 2 nitrogen and oxygen atoms in total. The highest BCUT2D eigenvalue weighted by molar-refractivity contribution is 5.76. The lowest BCUT2D eigenvalue weighted by atomic mass is 10.2. The fraction of sp³-hybridized carbons (Fsp3) is 0.167. The summed E-state index contributed by atoms with van der Waals surface area (Å²) < 4.78 is 2.31. The highest BCUT2D eigenvalue weighted by Gasteiger charge is 2.09. The van der Waals surface area contributed by atoms with Gasteiger partial charge in [0.15, 0.2) is 0 Å². The second kappa shape index (κ2) is 5.74. The van der Waals surface area contributed by atoms with Crippen molar-refractivity contribution in [1.29, 1.82) is 0 Å². The molecular formula is C18H18N2. The van der Waals surface area contributed by atoms with Gasteiger partial charge in [-0.1, -0.05) is 48.5 Å². The van der Waals surface area contributed by atoms with Crippen LogP contribution in [0.3, 0.4) is 0 Å². The Hall–Kier alpha value is -2.35. The lowest BCUT2D eigenvalue weighted by molar-refractivity contribution is 0.736. The van der Waals surface area contributed by atoms with Crippen LogP contribution in [0.2, 0.25) is 0 Å². The molecule has 3 aromatic rings. The second-order valence-corrected chi connectivity index (χ2v) is 4.92. The molecule has 0 atom stereocenters. The van der Waals surface area contributed by atoms with Crippen molar-refractivity contribution in [3.63, 3.8) is 0 Å². The molecule has 2 aromatic carbocycles. The van der Waals surface area contributed by atoms with Crippen molar-refractivity contribution in [2.24, 2.45) is 0 Å². The number of para-hydroxylation sites is 2. The van der Waals surface area contributed by atoms with Gasteiger partial charge in [0.1, 0.15) is 5.82 Å². The zero-order chi connectivity index (χ0) is 13.8. The molecule has 3 rings (SSSR count). The van der Waals surface area contributed by atoms with Crippen molar-refractivity contribution in [3.8, 4) is 0 Å². The van der Waals surface area contributed by atoms with Crippen molar-refractivity contribution in [2.75, 3.05) is 0 Å². The summed E-state index contributed by atoms with van der Waals surface area (Å²) in [6, 6.07) is 18.9. The van der Waals surface area contributed by atoms with Crippen LogP contribution < -0.4 is 0 Å². The van der Waals surface area contributed by atoms with Crippen molar-refractivity contribution < 1.29 is 0 Å². The molecule has 100 valence electrons. The van der Waals surface area contributed by atoms with E-state index in [1.54, 1.807) is 0 Å². The Kier molecular flexibility index (Phi) is 3.64. The molecule has 0 amide bonds. The average Bonchev–Trinajstić information content (AvgIpc) is 2.84. The molecule has 2 heteroatoms. The number of nitrogens with zero attached hydrogens (tertiary/aromatic N) is 2. The maximum absolute atomic E-state index is 4.76. The van der Waals surface area contributed by atoms with Crippen LogP contribution in [0.15, 0.2) is 67.3 Å². The highest BCUT2D eigenvalue weighted by Crippen LogP contribution is 2.19. The normalized spacial score (nSPS) is 10.8. The molecule has 0 saturated heterocycles. The van der Waals surface area contributed by atoms with Gasteiger partial charge in [-0.05, 0) is 24.1 Å². The largest absolute Gasteiger partial charge is 0.323 e. The fourth-order valence-corrected chi connectivity index (χ4v) is 2.49. The van der Waals surface area contributed by atoms with Gasteiger partial charge in [0.05, 0.1) is 11.0 Å². The summed E-state index contributed by atoms with van der Waals surface area (Å²) in [4.78, 5) is 4.76. The van der Waals surface area contributed by atoms with Crippen molar-refractivity contribution in [3.05, 3.63) is 78.6 Å². The van der Waals surface area contributed by atoms with E-state index in [1.165, 1.54) is 11.1 Å². The summed E-state index contributed by atoms with van der Waals surface area (Å²) in [5.41, 5.74) is 3.58. The molecule has 0 N–H and O–H groups in total. The lowest BCUT2D eigenvalue weighted by Crippen LogP contribution is -2.05. The van der Waals surface area contributed by atoms with E-state index in [0.717, 1.165) is 30.7 Å². The van der Waals surface area contributed by atoms with E-state index in [0.29, 0.717) is 0 Å². The predicted octanol–water partition coefficient (Wildman–Crippen LogP) is 4.20. The van der Waals surface area contributed by atoms with E-state index < -0.39 is 0 Å². The molecular weight excluding hydrogens is 244 g/mol. The summed E-state index contributed by atoms with van der Waals surface area (Å²) >= 11 is 0. The standard InChI is InChI=1S/C18H18N2/c1-2-3-13-18-19-16-11-7-8-12-17(16)20(18)14-15-9-5-4-6-10-15/h2,4-12H,1,3,13-14H2. The number of fused-ring (bicyclic) bond motifs is 1. The number of rotatable bonds is 5. The Morgan fingerprint density at radius 2 is 1.75 bits per heavy atom. The van der Waals surface area contributed by atoms with E-state index in [2.05, 4.69) is 53.6 Å².